The molecule has 1 atom stereocenters. The molecular formula is C18H20FN3O2. The molecular weight excluding hydrogens is 309 g/mol. The second-order valence-electron chi connectivity index (χ2n) is 7.04. The summed E-state index contributed by atoms with van der Waals surface area (Å²) in [5, 5.41) is 4.05. The lowest BCUT2D eigenvalue weighted by molar-refractivity contribution is -0.00134. The summed E-state index contributed by atoms with van der Waals surface area (Å²) >= 11 is 0. The summed E-state index contributed by atoms with van der Waals surface area (Å²) < 4.78 is 20.8. The fraction of sp³-hybridized carbons (Fsp3) is 0.444. The Morgan fingerprint density at radius 3 is 3.00 bits per heavy atom. The summed E-state index contributed by atoms with van der Waals surface area (Å²) in [7, 11) is 1.80. The summed E-state index contributed by atoms with van der Waals surface area (Å²) in [6.45, 7) is 2.12. The minimum absolute atomic E-state index is 0.0299. The van der Waals surface area contributed by atoms with Gasteiger partial charge in [-0.3, -0.25) is 9.48 Å². The van der Waals surface area contributed by atoms with Crippen molar-refractivity contribution in [3.05, 3.63) is 53.6 Å². The van der Waals surface area contributed by atoms with Gasteiger partial charge in [-0.1, -0.05) is 12.1 Å². The van der Waals surface area contributed by atoms with Crippen LogP contribution in [0.4, 0.5) is 4.39 Å². The SMILES string of the molecule is Cn1cc(C(=O)N2CC3(CO[C@H](Cc4cccc(F)c4)C3)C2)cn1. The molecule has 6 heteroatoms. The number of carbonyl (C=O) groups is 1. The lowest BCUT2D eigenvalue weighted by atomic mass is 9.77. The van der Waals surface area contributed by atoms with E-state index >= 15 is 0 Å². The lowest BCUT2D eigenvalue weighted by Crippen LogP contribution is -2.58. The van der Waals surface area contributed by atoms with Gasteiger partial charge in [0.25, 0.3) is 5.91 Å². The van der Waals surface area contributed by atoms with E-state index in [1.54, 1.807) is 36.3 Å². The van der Waals surface area contributed by atoms with E-state index in [-0.39, 0.29) is 23.2 Å². The highest BCUT2D eigenvalue weighted by atomic mass is 19.1. The zero-order valence-corrected chi connectivity index (χ0v) is 13.6. The Kier molecular flexibility index (Phi) is 3.64. The van der Waals surface area contributed by atoms with E-state index in [9.17, 15) is 9.18 Å². The van der Waals surface area contributed by atoms with Crippen LogP contribution in [-0.2, 0) is 18.2 Å². The van der Waals surface area contributed by atoms with Crippen LogP contribution in [-0.4, -0.2) is 46.4 Å². The van der Waals surface area contributed by atoms with Crippen LogP contribution in [0.25, 0.3) is 0 Å². The second-order valence-corrected chi connectivity index (χ2v) is 7.04. The molecule has 2 aromatic rings. The molecule has 2 aliphatic heterocycles. The summed E-state index contributed by atoms with van der Waals surface area (Å²) in [6, 6.07) is 6.67. The number of amides is 1. The summed E-state index contributed by atoms with van der Waals surface area (Å²) in [6.07, 6.45) is 5.08. The average Bonchev–Trinajstić information content (AvgIpc) is 3.12. The number of rotatable bonds is 3. The number of aryl methyl sites for hydroxylation is 1. The fourth-order valence-corrected chi connectivity index (χ4v) is 3.80. The Labute approximate surface area is 140 Å². The molecule has 3 heterocycles. The highest BCUT2D eigenvalue weighted by Crippen LogP contribution is 2.42. The molecule has 0 N–H and O–H groups in total. The molecule has 5 nitrogen and oxygen atoms in total. The van der Waals surface area contributed by atoms with Crippen molar-refractivity contribution in [2.24, 2.45) is 12.5 Å². The largest absolute Gasteiger partial charge is 0.377 e. The standard InChI is InChI=1S/C18H20FN3O2/c1-21-9-14(8-20-21)17(23)22-10-18(11-22)7-16(24-12-18)6-13-3-2-4-15(19)5-13/h2-5,8-9,16H,6-7,10-12H2,1H3/t16-/m1/s1. The molecule has 4 rings (SSSR count). The molecule has 0 unspecified atom stereocenters. The van der Waals surface area contributed by atoms with Gasteiger partial charge in [0.15, 0.2) is 0 Å². The number of ether oxygens (including phenoxy) is 1. The van der Waals surface area contributed by atoms with Crippen LogP contribution < -0.4 is 0 Å². The number of hydrogen-bond acceptors (Lipinski definition) is 3. The van der Waals surface area contributed by atoms with Gasteiger partial charge < -0.3 is 9.64 Å². The summed E-state index contributed by atoms with van der Waals surface area (Å²) in [4.78, 5) is 14.2. The predicted octanol–water partition coefficient (Wildman–Crippen LogP) is 2.03. The van der Waals surface area contributed by atoms with Gasteiger partial charge in [-0.15, -0.1) is 0 Å². The van der Waals surface area contributed by atoms with Crippen molar-refractivity contribution in [2.75, 3.05) is 19.7 Å². The molecule has 2 fully saturated rings. The van der Waals surface area contributed by atoms with Gasteiger partial charge in [-0.2, -0.15) is 5.10 Å². The maximum absolute atomic E-state index is 13.3. The van der Waals surface area contributed by atoms with Crippen molar-refractivity contribution in [2.45, 2.75) is 18.9 Å². The van der Waals surface area contributed by atoms with Crippen LogP contribution in [0.5, 0.6) is 0 Å². The Morgan fingerprint density at radius 2 is 2.29 bits per heavy atom. The van der Waals surface area contributed by atoms with E-state index in [2.05, 4.69) is 5.10 Å². The van der Waals surface area contributed by atoms with E-state index < -0.39 is 0 Å². The van der Waals surface area contributed by atoms with Crippen molar-refractivity contribution in [1.29, 1.82) is 0 Å². The zero-order valence-electron chi connectivity index (χ0n) is 13.6. The summed E-state index contributed by atoms with van der Waals surface area (Å²) in [5.74, 6) is -0.181. The Morgan fingerprint density at radius 1 is 1.46 bits per heavy atom. The van der Waals surface area contributed by atoms with Gasteiger partial charge in [-0.05, 0) is 30.5 Å². The molecule has 0 radical (unpaired) electrons. The van der Waals surface area contributed by atoms with Crippen LogP contribution in [0.3, 0.4) is 0 Å². The van der Waals surface area contributed by atoms with Crippen molar-refractivity contribution in [3.8, 4) is 0 Å². The molecule has 1 amide bonds. The predicted molar refractivity (Wildman–Crippen MR) is 86.0 cm³/mol. The van der Waals surface area contributed by atoms with Gasteiger partial charge >= 0.3 is 0 Å². The van der Waals surface area contributed by atoms with E-state index in [0.29, 0.717) is 12.2 Å². The highest BCUT2D eigenvalue weighted by molar-refractivity contribution is 5.94. The topological polar surface area (TPSA) is 47.4 Å². The molecule has 0 saturated carbocycles. The Hall–Kier alpha value is -2.21. The summed E-state index contributed by atoms with van der Waals surface area (Å²) in [5.41, 5.74) is 1.65. The molecule has 1 aromatic carbocycles. The third-order valence-corrected chi connectivity index (χ3v) is 4.93. The first-order valence-corrected chi connectivity index (χ1v) is 8.17. The number of carbonyl (C=O) groups excluding carboxylic acids is 1. The maximum atomic E-state index is 13.3. The van der Waals surface area contributed by atoms with Crippen molar-refractivity contribution in [1.82, 2.24) is 14.7 Å². The minimum atomic E-state index is -0.211. The third kappa shape index (κ3) is 2.82. The van der Waals surface area contributed by atoms with Crippen LogP contribution >= 0.6 is 0 Å². The van der Waals surface area contributed by atoms with Crippen molar-refractivity contribution in [3.63, 3.8) is 0 Å². The minimum Gasteiger partial charge on any atom is -0.377 e. The zero-order chi connectivity index (χ0) is 16.7. The number of benzene rings is 1. The molecule has 2 saturated heterocycles. The van der Waals surface area contributed by atoms with Crippen molar-refractivity contribution < 1.29 is 13.9 Å². The number of nitrogens with zero attached hydrogens (tertiary/aromatic N) is 3. The van der Waals surface area contributed by atoms with Crippen molar-refractivity contribution >= 4 is 5.91 Å². The molecule has 0 bridgehead atoms. The van der Waals surface area contributed by atoms with Gasteiger partial charge in [0.2, 0.25) is 0 Å². The van der Waals surface area contributed by atoms with Crippen LogP contribution in [0, 0.1) is 11.2 Å². The fourth-order valence-electron chi connectivity index (χ4n) is 3.80. The Balaban J connectivity index is 1.34. The number of likely N-dealkylation sites (tertiary alicyclic amines) is 1. The van der Waals surface area contributed by atoms with Crippen LogP contribution in [0.1, 0.15) is 22.3 Å². The first-order valence-electron chi connectivity index (χ1n) is 8.17. The van der Waals surface area contributed by atoms with Gasteiger partial charge in [0.1, 0.15) is 5.82 Å². The van der Waals surface area contributed by atoms with E-state index in [0.717, 1.165) is 31.5 Å². The maximum Gasteiger partial charge on any atom is 0.257 e. The molecule has 2 aliphatic rings. The molecule has 1 spiro atoms. The van der Waals surface area contributed by atoms with E-state index in [1.807, 2.05) is 11.0 Å². The quantitative estimate of drug-likeness (QED) is 0.866. The number of halogens is 1. The van der Waals surface area contributed by atoms with E-state index in [4.69, 9.17) is 4.74 Å². The monoisotopic (exact) mass is 329 g/mol. The second kappa shape index (κ2) is 5.70. The molecule has 1 aromatic heterocycles. The first kappa shape index (κ1) is 15.3. The lowest BCUT2D eigenvalue weighted by Gasteiger charge is -2.47. The van der Waals surface area contributed by atoms with Gasteiger partial charge in [-0.25, -0.2) is 4.39 Å². The normalized spacial score (nSPS) is 21.9. The average molecular weight is 329 g/mol. The highest BCUT2D eigenvalue weighted by Gasteiger charge is 2.50. The third-order valence-electron chi connectivity index (χ3n) is 4.93. The first-order chi connectivity index (χ1) is 11.5. The van der Waals surface area contributed by atoms with E-state index in [1.165, 1.54) is 6.07 Å². The smallest absolute Gasteiger partial charge is 0.257 e. The molecule has 126 valence electrons. The van der Waals surface area contributed by atoms with Gasteiger partial charge in [0, 0.05) is 31.7 Å². The number of aromatic nitrogens is 2. The van der Waals surface area contributed by atoms with Crippen LogP contribution in [0.15, 0.2) is 36.7 Å². The Bertz CT molecular complexity index is 767. The molecule has 0 aliphatic carbocycles. The number of hydrogen-bond donors (Lipinski definition) is 0. The van der Waals surface area contributed by atoms with Gasteiger partial charge in [0.05, 0.1) is 24.5 Å². The molecule has 24 heavy (non-hydrogen) atoms. The van der Waals surface area contributed by atoms with Crippen LogP contribution in [0.2, 0.25) is 0 Å².